The third-order valence-corrected chi connectivity index (χ3v) is 4.00. The molecule has 0 bridgehead atoms. The predicted molar refractivity (Wildman–Crippen MR) is 88.8 cm³/mol. The zero-order chi connectivity index (χ0) is 14.4. The number of aryl methyl sites for hydroxylation is 1. The molecule has 0 spiro atoms. The van der Waals surface area contributed by atoms with Gasteiger partial charge in [-0.15, -0.1) is 0 Å². The lowest BCUT2D eigenvalue weighted by Crippen LogP contribution is -1.84. The van der Waals surface area contributed by atoms with E-state index in [0.29, 0.717) is 0 Å². The van der Waals surface area contributed by atoms with E-state index in [-0.39, 0.29) is 0 Å². The van der Waals surface area contributed by atoms with Crippen LogP contribution in [0.25, 0.3) is 33.1 Å². The molecule has 2 heterocycles. The number of nitrogens with one attached hydrogen (secondary N) is 1. The molecule has 0 saturated heterocycles. The fourth-order valence-electron chi connectivity index (χ4n) is 2.69. The molecule has 0 aliphatic carbocycles. The number of rotatable bonds is 1. The number of H-pyrrole nitrogens is 1. The molecule has 21 heavy (non-hydrogen) atoms. The first-order valence-electron chi connectivity index (χ1n) is 6.85. The highest BCUT2D eigenvalue weighted by atomic mass is 35.5. The summed E-state index contributed by atoms with van der Waals surface area (Å²) in [5, 5.41) is 3.00. The number of pyridine rings is 1. The zero-order valence-electron chi connectivity index (χ0n) is 11.5. The maximum absolute atomic E-state index is 6.02. The molecule has 0 atom stereocenters. The third kappa shape index (κ3) is 2.08. The van der Waals surface area contributed by atoms with Gasteiger partial charge in [-0.25, -0.2) is 4.98 Å². The fraction of sp³-hybridized carbons (Fsp3) is 0.0556. The molecule has 0 fully saturated rings. The summed E-state index contributed by atoms with van der Waals surface area (Å²) in [6.45, 7) is 2.10. The first-order valence-corrected chi connectivity index (χ1v) is 7.23. The molecule has 0 aliphatic heterocycles. The van der Waals surface area contributed by atoms with Gasteiger partial charge >= 0.3 is 0 Å². The van der Waals surface area contributed by atoms with Gasteiger partial charge in [0.1, 0.15) is 0 Å². The quantitative estimate of drug-likeness (QED) is 0.503. The van der Waals surface area contributed by atoms with Crippen LogP contribution in [0, 0.1) is 6.92 Å². The van der Waals surface area contributed by atoms with E-state index in [9.17, 15) is 0 Å². The SMILES string of the molecule is Cc1ccc2[nH]cc(-c3ccc4cc(Cl)ccc4n3)c2c1. The third-order valence-electron chi connectivity index (χ3n) is 3.76. The molecule has 0 unspecified atom stereocenters. The minimum absolute atomic E-state index is 0.736. The molecule has 102 valence electrons. The fourth-order valence-corrected chi connectivity index (χ4v) is 2.87. The average molecular weight is 293 g/mol. The van der Waals surface area contributed by atoms with Crippen molar-refractivity contribution in [3.63, 3.8) is 0 Å². The van der Waals surface area contributed by atoms with E-state index in [1.807, 2.05) is 30.5 Å². The number of benzene rings is 2. The van der Waals surface area contributed by atoms with Crippen LogP contribution in [0.2, 0.25) is 5.02 Å². The number of nitrogens with zero attached hydrogens (tertiary/aromatic N) is 1. The summed E-state index contributed by atoms with van der Waals surface area (Å²) in [6.07, 6.45) is 2.02. The molecular weight excluding hydrogens is 280 g/mol. The van der Waals surface area contributed by atoms with Crippen LogP contribution in [-0.4, -0.2) is 9.97 Å². The van der Waals surface area contributed by atoms with Crippen molar-refractivity contribution in [1.29, 1.82) is 0 Å². The summed E-state index contributed by atoms with van der Waals surface area (Å²) >= 11 is 6.02. The van der Waals surface area contributed by atoms with Gasteiger partial charge in [0.2, 0.25) is 0 Å². The number of hydrogen-bond donors (Lipinski definition) is 1. The number of fused-ring (bicyclic) bond motifs is 2. The van der Waals surface area contributed by atoms with Gasteiger partial charge in [0.25, 0.3) is 0 Å². The summed E-state index contributed by atoms with van der Waals surface area (Å²) in [4.78, 5) is 8.07. The normalized spacial score (nSPS) is 11.3. The predicted octanol–water partition coefficient (Wildman–Crippen LogP) is 5.34. The maximum atomic E-state index is 6.02. The Labute approximate surface area is 127 Å². The number of halogens is 1. The number of hydrogen-bond acceptors (Lipinski definition) is 1. The summed E-state index contributed by atoms with van der Waals surface area (Å²) < 4.78 is 0. The Morgan fingerprint density at radius 3 is 2.81 bits per heavy atom. The molecule has 4 aromatic rings. The molecule has 3 heteroatoms. The topological polar surface area (TPSA) is 28.7 Å². The summed E-state index contributed by atoms with van der Waals surface area (Å²) in [6, 6.07) is 16.3. The van der Waals surface area contributed by atoms with E-state index in [2.05, 4.69) is 36.2 Å². The van der Waals surface area contributed by atoms with Gasteiger partial charge in [0.15, 0.2) is 0 Å². The molecule has 0 radical (unpaired) electrons. The first kappa shape index (κ1) is 12.4. The highest BCUT2D eigenvalue weighted by Crippen LogP contribution is 2.29. The van der Waals surface area contributed by atoms with Gasteiger partial charge in [-0.3, -0.25) is 0 Å². The molecule has 1 N–H and O–H groups in total. The second-order valence-corrected chi connectivity index (χ2v) is 5.72. The van der Waals surface area contributed by atoms with Gasteiger partial charge < -0.3 is 4.98 Å². The first-order chi connectivity index (χ1) is 10.2. The molecule has 0 aliphatic rings. The van der Waals surface area contributed by atoms with Crippen LogP contribution in [-0.2, 0) is 0 Å². The standard InChI is InChI=1S/C18H13ClN2/c1-11-2-5-17-14(8-11)15(10-20-17)18-6-3-12-9-13(19)4-7-16(12)21-18/h2-10,20H,1H3. The number of aromatic amines is 1. The van der Waals surface area contributed by atoms with Crippen molar-refractivity contribution in [2.24, 2.45) is 0 Å². The van der Waals surface area contributed by atoms with E-state index in [1.165, 1.54) is 10.9 Å². The summed E-state index contributed by atoms with van der Waals surface area (Å²) in [5.41, 5.74) is 5.44. The zero-order valence-corrected chi connectivity index (χ0v) is 12.3. The molecule has 2 nitrogen and oxygen atoms in total. The van der Waals surface area contributed by atoms with E-state index in [0.717, 1.165) is 32.7 Å². The van der Waals surface area contributed by atoms with Crippen LogP contribution in [0.3, 0.4) is 0 Å². The van der Waals surface area contributed by atoms with Gasteiger partial charge in [-0.2, -0.15) is 0 Å². The molecule has 4 rings (SSSR count). The number of aromatic nitrogens is 2. The van der Waals surface area contributed by atoms with Crippen LogP contribution >= 0.6 is 11.6 Å². The lowest BCUT2D eigenvalue weighted by Gasteiger charge is -2.03. The van der Waals surface area contributed by atoms with Crippen molar-refractivity contribution in [2.75, 3.05) is 0 Å². The average Bonchev–Trinajstić information content (AvgIpc) is 2.89. The smallest absolute Gasteiger partial charge is 0.0731 e. The van der Waals surface area contributed by atoms with E-state index in [4.69, 9.17) is 16.6 Å². The molecule has 0 saturated carbocycles. The highest BCUT2D eigenvalue weighted by molar-refractivity contribution is 6.31. The molecule has 2 aromatic heterocycles. The Bertz CT molecular complexity index is 969. The van der Waals surface area contributed by atoms with Crippen LogP contribution in [0.4, 0.5) is 0 Å². The van der Waals surface area contributed by atoms with Crippen molar-refractivity contribution >= 4 is 33.4 Å². The largest absolute Gasteiger partial charge is 0.360 e. The second-order valence-electron chi connectivity index (χ2n) is 5.28. The minimum Gasteiger partial charge on any atom is -0.360 e. The van der Waals surface area contributed by atoms with Crippen molar-refractivity contribution in [3.05, 3.63) is 65.3 Å². The summed E-state index contributed by atoms with van der Waals surface area (Å²) in [5.74, 6) is 0. The van der Waals surface area contributed by atoms with Crippen LogP contribution in [0.15, 0.2) is 54.7 Å². The monoisotopic (exact) mass is 292 g/mol. The molecule has 0 amide bonds. The van der Waals surface area contributed by atoms with Gasteiger partial charge in [-0.1, -0.05) is 29.3 Å². The minimum atomic E-state index is 0.736. The highest BCUT2D eigenvalue weighted by Gasteiger charge is 2.08. The molecule has 2 aromatic carbocycles. The van der Waals surface area contributed by atoms with Crippen molar-refractivity contribution in [2.45, 2.75) is 6.92 Å². The van der Waals surface area contributed by atoms with Crippen molar-refractivity contribution < 1.29 is 0 Å². The summed E-state index contributed by atoms with van der Waals surface area (Å²) in [7, 11) is 0. The Balaban J connectivity index is 1.95. The Morgan fingerprint density at radius 2 is 1.90 bits per heavy atom. The molecular formula is C18H13ClN2. The van der Waals surface area contributed by atoms with E-state index < -0.39 is 0 Å². The Hall–Kier alpha value is -2.32. The van der Waals surface area contributed by atoms with E-state index in [1.54, 1.807) is 0 Å². The lowest BCUT2D eigenvalue weighted by atomic mass is 10.1. The van der Waals surface area contributed by atoms with Gasteiger partial charge in [-0.05, 0) is 43.3 Å². The van der Waals surface area contributed by atoms with Gasteiger partial charge in [0.05, 0.1) is 11.2 Å². The van der Waals surface area contributed by atoms with Crippen molar-refractivity contribution in [3.8, 4) is 11.3 Å². The van der Waals surface area contributed by atoms with Crippen molar-refractivity contribution in [1.82, 2.24) is 9.97 Å². The van der Waals surface area contributed by atoms with Gasteiger partial charge in [0, 0.05) is 33.1 Å². The van der Waals surface area contributed by atoms with Crippen LogP contribution in [0.1, 0.15) is 5.56 Å². The maximum Gasteiger partial charge on any atom is 0.0731 e. The van der Waals surface area contributed by atoms with Crippen LogP contribution < -0.4 is 0 Å². The lowest BCUT2D eigenvalue weighted by molar-refractivity contribution is 1.40. The van der Waals surface area contributed by atoms with E-state index >= 15 is 0 Å². The second kappa shape index (κ2) is 4.61. The van der Waals surface area contributed by atoms with Crippen LogP contribution in [0.5, 0.6) is 0 Å². The Morgan fingerprint density at radius 1 is 1.00 bits per heavy atom. The Kier molecular flexibility index (Phi) is 2.72.